The van der Waals surface area contributed by atoms with Gasteiger partial charge < -0.3 is 19.4 Å². The summed E-state index contributed by atoms with van der Waals surface area (Å²) in [4.78, 5) is 29.1. The molecule has 0 spiro atoms. The molecular weight excluding hydrogens is 524 g/mol. The Morgan fingerprint density at radius 2 is 1.75 bits per heavy atom. The third-order valence-electron chi connectivity index (χ3n) is 8.99. The summed E-state index contributed by atoms with van der Waals surface area (Å²) >= 11 is 0. The van der Waals surface area contributed by atoms with Crippen molar-refractivity contribution < 1.29 is 13.7 Å². The standard InChI is InChI=1S/C30H44N6O3S/c1-23-28(31-22-32-29(23)39-21-24-10-15-36(20-24)26-8-6-5-7-9-26)30(37)35-18-13-27(14-19-35)34-16-11-25(12-17-34)33(2)40(3,4)38/h5-9,22,24-25,27H,3,10-21H2,1-2,4H3. The molecule has 0 aliphatic carbocycles. The average molecular weight is 569 g/mol. The molecule has 1 aromatic heterocycles. The number of nitrogens with zero attached hydrogens (tertiary/aromatic N) is 6. The van der Waals surface area contributed by atoms with Crippen molar-refractivity contribution in [3.8, 4) is 5.88 Å². The third-order valence-corrected chi connectivity index (χ3v) is 10.5. The number of likely N-dealkylation sites (tertiary alicyclic amines) is 2. The van der Waals surface area contributed by atoms with E-state index in [-0.39, 0.29) is 5.91 Å². The lowest BCUT2D eigenvalue weighted by Gasteiger charge is -2.43. The van der Waals surface area contributed by atoms with Gasteiger partial charge in [-0.25, -0.2) is 14.3 Å². The normalized spacial score (nSPS) is 22.9. The summed E-state index contributed by atoms with van der Waals surface area (Å²) in [7, 11) is -0.236. The Kier molecular flexibility index (Phi) is 8.97. The van der Waals surface area contributed by atoms with E-state index >= 15 is 0 Å². The number of ether oxygens (including phenoxy) is 1. The summed E-state index contributed by atoms with van der Waals surface area (Å²) in [6.07, 6.45) is 8.17. The monoisotopic (exact) mass is 568 g/mol. The molecule has 218 valence electrons. The van der Waals surface area contributed by atoms with Crippen LogP contribution in [0.4, 0.5) is 5.69 Å². The van der Waals surface area contributed by atoms with E-state index in [0.29, 0.717) is 36.2 Å². The first-order valence-corrected chi connectivity index (χ1v) is 16.6. The highest BCUT2D eigenvalue weighted by atomic mass is 32.2. The molecule has 3 aliphatic heterocycles. The van der Waals surface area contributed by atoms with Crippen molar-refractivity contribution in [3.63, 3.8) is 0 Å². The molecule has 0 bridgehead atoms. The van der Waals surface area contributed by atoms with Gasteiger partial charge in [-0.3, -0.25) is 9.00 Å². The minimum atomic E-state index is -2.17. The average Bonchev–Trinajstić information content (AvgIpc) is 3.45. The zero-order chi connectivity index (χ0) is 28.3. The molecule has 1 aromatic carbocycles. The van der Waals surface area contributed by atoms with Crippen molar-refractivity contribution >= 4 is 27.2 Å². The molecule has 9 nitrogen and oxygen atoms in total. The summed E-state index contributed by atoms with van der Waals surface area (Å²) in [5, 5.41) is 0. The van der Waals surface area contributed by atoms with Crippen molar-refractivity contribution in [2.45, 2.75) is 51.1 Å². The molecule has 3 saturated heterocycles. The second-order valence-corrected chi connectivity index (χ2v) is 14.2. The van der Waals surface area contributed by atoms with Crippen LogP contribution in [0.3, 0.4) is 0 Å². The zero-order valence-electron chi connectivity index (χ0n) is 24.2. The maximum Gasteiger partial charge on any atom is 0.272 e. The van der Waals surface area contributed by atoms with Crippen molar-refractivity contribution in [3.05, 3.63) is 47.9 Å². The van der Waals surface area contributed by atoms with Crippen LogP contribution in [0.25, 0.3) is 0 Å². The highest BCUT2D eigenvalue weighted by molar-refractivity contribution is 7.97. The number of benzene rings is 1. The van der Waals surface area contributed by atoms with Gasteiger partial charge in [0.2, 0.25) is 5.88 Å². The molecular formula is C30H44N6O3S. The van der Waals surface area contributed by atoms with E-state index in [1.807, 2.05) is 29.2 Å². The van der Waals surface area contributed by atoms with Crippen LogP contribution in [0.2, 0.25) is 0 Å². The van der Waals surface area contributed by atoms with Gasteiger partial charge in [-0.1, -0.05) is 18.2 Å². The number of amides is 1. The van der Waals surface area contributed by atoms with Gasteiger partial charge in [-0.05, 0) is 77.2 Å². The number of aromatic nitrogens is 2. The first kappa shape index (κ1) is 28.8. The fourth-order valence-corrected chi connectivity index (χ4v) is 7.19. The molecule has 0 N–H and O–H groups in total. The lowest BCUT2D eigenvalue weighted by atomic mass is 9.97. The van der Waals surface area contributed by atoms with E-state index in [1.54, 1.807) is 6.26 Å². The highest BCUT2D eigenvalue weighted by Gasteiger charge is 2.33. The Morgan fingerprint density at radius 3 is 2.42 bits per heavy atom. The van der Waals surface area contributed by atoms with Crippen molar-refractivity contribution in [2.24, 2.45) is 5.92 Å². The smallest absolute Gasteiger partial charge is 0.272 e. The molecule has 0 radical (unpaired) electrons. The van der Waals surface area contributed by atoms with Gasteiger partial charge in [-0.2, -0.15) is 0 Å². The van der Waals surface area contributed by atoms with Gasteiger partial charge >= 0.3 is 0 Å². The van der Waals surface area contributed by atoms with E-state index in [2.05, 4.69) is 49.9 Å². The molecule has 10 heteroatoms. The van der Waals surface area contributed by atoms with Gasteiger partial charge in [0.25, 0.3) is 5.91 Å². The lowest BCUT2D eigenvalue weighted by Crippen LogP contribution is -2.52. The molecule has 2 aromatic rings. The van der Waals surface area contributed by atoms with Crippen LogP contribution >= 0.6 is 0 Å². The van der Waals surface area contributed by atoms with Crippen molar-refractivity contribution in [1.29, 1.82) is 0 Å². The molecule has 40 heavy (non-hydrogen) atoms. The van der Waals surface area contributed by atoms with E-state index in [1.165, 1.54) is 12.0 Å². The van der Waals surface area contributed by atoms with Crippen LogP contribution < -0.4 is 9.64 Å². The Labute approximate surface area is 239 Å². The number of hydrogen-bond donors (Lipinski definition) is 0. The van der Waals surface area contributed by atoms with Gasteiger partial charge in [0.1, 0.15) is 12.0 Å². The summed E-state index contributed by atoms with van der Waals surface area (Å²) < 4.78 is 20.4. The fourth-order valence-electron chi connectivity index (χ4n) is 6.35. The Balaban J connectivity index is 1.10. The lowest BCUT2D eigenvalue weighted by molar-refractivity contribution is 0.0543. The summed E-state index contributed by atoms with van der Waals surface area (Å²) in [5.74, 6) is 4.74. The minimum absolute atomic E-state index is 0.0344. The number of hydrogen-bond acceptors (Lipinski definition) is 7. The quantitative estimate of drug-likeness (QED) is 0.453. The van der Waals surface area contributed by atoms with Gasteiger partial charge in [0.05, 0.1) is 6.61 Å². The summed E-state index contributed by atoms with van der Waals surface area (Å²) in [6, 6.07) is 11.3. The summed E-state index contributed by atoms with van der Waals surface area (Å²) in [6.45, 7) is 7.89. The highest BCUT2D eigenvalue weighted by Crippen LogP contribution is 2.27. The number of carbonyl (C=O) groups excluding carboxylic acids is 1. The maximum absolute atomic E-state index is 13.4. The van der Waals surface area contributed by atoms with Gasteiger partial charge in [-0.15, -0.1) is 0 Å². The minimum Gasteiger partial charge on any atom is -0.477 e. The molecule has 4 heterocycles. The first-order valence-electron chi connectivity index (χ1n) is 14.5. The molecule has 3 fully saturated rings. The van der Waals surface area contributed by atoms with Crippen LogP contribution in [0, 0.1) is 12.8 Å². The second kappa shape index (κ2) is 12.4. The van der Waals surface area contributed by atoms with Crippen molar-refractivity contribution in [1.82, 2.24) is 24.1 Å². The molecule has 5 rings (SSSR count). The predicted octanol–water partition coefficient (Wildman–Crippen LogP) is 2.95. The number of para-hydroxylation sites is 1. The van der Waals surface area contributed by atoms with Gasteiger partial charge in [0.15, 0.2) is 0 Å². The number of rotatable bonds is 8. The van der Waals surface area contributed by atoms with Crippen LogP contribution in [0.5, 0.6) is 5.88 Å². The topological polar surface area (TPSA) is 82.1 Å². The maximum atomic E-state index is 13.4. The zero-order valence-corrected chi connectivity index (χ0v) is 25.0. The van der Waals surface area contributed by atoms with Crippen LogP contribution in [0.15, 0.2) is 36.7 Å². The molecule has 1 amide bonds. The SMILES string of the molecule is C=S(C)(=O)N(C)C1CCN(C2CCN(C(=O)c3ncnc(OCC4CCN(c5ccccc5)C4)c3C)CC2)CC1. The van der Waals surface area contributed by atoms with E-state index < -0.39 is 9.71 Å². The molecule has 2 unspecified atom stereocenters. The van der Waals surface area contributed by atoms with Crippen molar-refractivity contribution in [2.75, 3.05) is 64.1 Å². The van der Waals surface area contributed by atoms with E-state index in [4.69, 9.17) is 4.74 Å². The fraction of sp³-hybridized carbons (Fsp3) is 0.600. The van der Waals surface area contributed by atoms with E-state index in [0.717, 1.165) is 76.9 Å². The third kappa shape index (κ3) is 6.61. The number of piperidine rings is 2. The Bertz CT molecular complexity index is 1260. The first-order chi connectivity index (χ1) is 19.2. The number of anilines is 1. The van der Waals surface area contributed by atoms with Crippen LogP contribution in [-0.2, 0) is 9.71 Å². The van der Waals surface area contributed by atoms with Crippen LogP contribution in [0.1, 0.15) is 48.2 Å². The second-order valence-electron chi connectivity index (χ2n) is 11.7. The van der Waals surface area contributed by atoms with Crippen LogP contribution in [-0.4, -0.2) is 111 Å². The molecule has 3 aliphatic rings. The number of carbonyl (C=O) groups is 1. The Morgan fingerprint density at radius 1 is 1.05 bits per heavy atom. The van der Waals surface area contributed by atoms with Gasteiger partial charge in [0, 0.05) is 71.4 Å². The molecule has 0 saturated carbocycles. The molecule has 2 atom stereocenters. The van der Waals surface area contributed by atoms with E-state index in [9.17, 15) is 9.00 Å². The predicted molar refractivity (Wildman–Crippen MR) is 161 cm³/mol. The summed E-state index contributed by atoms with van der Waals surface area (Å²) in [5.41, 5.74) is 2.41. The largest absolute Gasteiger partial charge is 0.477 e. The Hall–Kier alpha value is -2.69.